The normalized spacial score (nSPS) is 12.3. The van der Waals surface area contributed by atoms with E-state index in [0.717, 1.165) is 125 Å². The summed E-state index contributed by atoms with van der Waals surface area (Å²) >= 11 is 13.3. The molecule has 8 bridgehead atoms. The Balaban J connectivity index is 0.858. The van der Waals surface area contributed by atoms with Crippen LogP contribution in [0.2, 0.25) is 0 Å². The highest BCUT2D eigenvalue weighted by Gasteiger charge is 2.34. The number of aromatic nitrogens is 16. The molecule has 0 spiro atoms. The second-order valence-corrected chi connectivity index (χ2v) is 34.5. The molecular formula is C88H42N16S8. The van der Waals surface area contributed by atoms with Gasteiger partial charge in [0.05, 0.1) is 45.6 Å². The van der Waals surface area contributed by atoms with E-state index in [9.17, 15) is 0 Å². The van der Waals surface area contributed by atoms with Crippen LogP contribution in [-0.4, -0.2) is 79.7 Å². The number of fused-ring (bicyclic) bond motifs is 28. The summed E-state index contributed by atoms with van der Waals surface area (Å²) in [5.74, 6) is 0.881. The highest BCUT2D eigenvalue weighted by Crippen LogP contribution is 2.51. The van der Waals surface area contributed by atoms with Crippen LogP contribution >= 0.6 is 90.7 Å². The SMILES string of the molecule is c1ccc2c(-c3nc4c(nc3-c3csc5ccccc35)-c3nc-4nc4[nH]c(nc5nc(nc6[nH]c(n3)c3nc(-c7csc8ccccc78)c(-c7csc8ccccc78)nc63)-c3nc(-c6csc7ccccc67)c(-c6csc7ccccc67)nc3-5)c3nc(-c5csc6ccccc56)c(-c5csc6ccccc56)nc43)csc2c1. The van der Waals surface area contributed by atoms with Crippen LogP contribution in [0, 0.1) is 0 Å². The van der Waals surface area contributed by atoms with Crippen molar-refractivity contribution in [1.29, 1.82) is 0 Å². The Morgan fingerprint density at radius 2 is 0.321 bits per heavy atom. The van der Waals surface area contributed by atoms with Gasteiger partial charge in [0, 0.05) is 168 Å². The lowest BCUT2D eigenvalue weighted by atomic mass is 10.0. The predicted molar refractivity (Wildman–Crippen MR) is 465 cm³/mol. The Bertz CT molecular complexity index is 7280. The maximum Gasteiger partial charge on any atom is 0.184 e. The number of hydrogen-bond acceptors (Lipinski definition) is 22. The predicted octanol–water partition coefficient (Wildman–Crippen LogP) is 25.1. The van der Waals surface area contributed by atoms with E-state index in [0.29, 0.717) is 113 Å². The first-order valence-electron chi connectivity index (χ1n) is 35.7. The van der Waals surface area contributed by atoms with Gasteiger partial charge in [0.1, 0.15) is 44.8 Å². The van der Waals surface area contributed by atoms with Gasteiger partial charge in [-0.2, -0.15) is 0 Å². The first-order chi connectivity index (χ1) is 55.5. The lowest BCUT2D eigenvalue weighted by molar-refractivity contribution is 1.18. The summed E-state index contributed by atoms with van der Waals surface area (Å²) in [5, 5.41) is 25.7. The Kier molecular flexibility index (Phi) is 13.7. The zero-order valence-corrected chi connectivity index (χ0v) is 64.2. The number of hydrogen-bond donors (Lipinski definition) is 2. The van der Waals surface area contributed by atoms with E-state index in [1.165, 1.54) is 0 Å². The molecule has 24 heteroatoms. The van der Waals surface area contributed by atoms with E-state index in [1.807, 2.05) is 0 Å². The molecule has 0 atom stereocenters. The third-order valence-corrected chi connectivity index (χ3v) is 28.7. The minimum Gasteiger partial charge on any atom is -0.321 e. The molecule has 112 heavy (non-hydrogen) atoms. The van der Waals surface area contributed by atoms with Crippen LogP contribution in [-0.2, 0) is 0 Å². The molecule has 0 saturated carbocycles. The molecule has 16 nitrogen and oxygen atoms in total. The molecule has 25 rings (SSSR count). The fourth-order valence-corrected chi connectivity index (χ4v) is 23.3. The Morgan fingerprint density at radius 3 is 0.500 bits per heavy atom. The van der Waals surface area contributed by atoms with Crippen LogP contribution in [0.3, 0.4) is 0 Å². The van der Waals surface area contributed by atoms with Crippen LogP contribution in [0.1, 0.15) is 0 Å². The minimum atomic E-state index is 0.220. The average molecular weight is 1580 g/mol. The summed E-state index contributed by atoms with van der Waals surface area (Å²) in [7, 11) is 0. The van der Waals surface area contributed by atoms with Crippen molar-refractivity contribution in [2.45, 2.75) is 0 Å². The second kappa shape index (κ2) is 24.3. The molecule has 522 valence electrons. The third kappa shape index (κ3) is 9.51. The van der Waals surface area contributed by atoms with Gasteiger partial charge in [-0.05, 0) is 48.5 Å². The third-order valence-electron chi connectivity index (χ3n) is 21.0. The van der Waals surface area contributed by atoms with Crippen molar-refractivity contribution >= 4 is 216 Å². The molecule has 23 aromatic rings. The maximum absolute atomic E-state index is 5.85. The first-order valence-corrected chi connectivity index (χ1v) is 42.7. The monoisotopic (exact) mass is 1580 g/mol. The van der Waals surface area contributed by atoms with Crippen molar-refractivity contribution in [3.05, 3.63) is 237 Å². The fraction of sp³-hybridized carbons (Fsp3) is 0. The topological polar surface area (TPSA) is 212 Å². The van der Waals surface area contributed by atoms with Crippen molar-refractivity contribution in [2.24, 2.45) is 0 Å². The van der Waals surface area contributed by atoms with Gasteiger partial charge < -0.3 is 9.97 Å². The quantitative estimate of drug-likeness (QED) is 0.145. The molecule has 17 heterocycles. The standard InChI is InChI=1S/C88H42N16S8/c1-9-25-57-41(17-1)49(33-105-57)65-66(50-34-106-58-26-10-2-18-42(50)58)90-74-73(89-65)81-97-82(74)102-84-77-78(94-70(54-38-110-62-30-14-6-22-46(54)62)69(93-77)53-37-109-61-29-13-5-21-45(53)61)86(99-84)104-88-80-79(95-71(55-39-111-63-31-15-7-23-47(55)63)72(96-80)56-40-112-64-32-16-8-24-48(56)64)87(100-88)103-85-76-75(83(98-85)101-81)91-67(51-35-107-59-27-11-3-19-43(51)59)68(92-76)52-36-108-60-28-12-4-20-44(52)60/h1-40H,(H2,97,98,99,100,101,102,103,104). The van der Waals surface area contributed by atoms with Gasteiger partial charge in [-0.15, -0.1) is 90.7 Å². The number of H-pyrrole nitrogens is 2. The zero-order valence-electron chi connectivity index (χ0n) is 57.6. The molecule has 0 aliphatic carbocycles. The molecule has 0 amide bonds. The van der Waals surface area contributed by atoms with Crippen molar-refractivity contribution in [2.75, 3.05) is 0 Å². The zero-order chi connectivity index (χ0) is 73.0. The Morgan fingerprint density at radius 1 is 0.161 bits per heavy atom. The van der Waals surface area contributed by atoms with Crippen LogP contribution in [0.4, 0.5) is 0 Å². The smallest absolute Gasteiger partial charge is 0.184 e. The summed E-state index contributed by atoms with van der Waals surface area (Å²) in [4.78, 5) is 88.2. The summed E-state index contributed by atoms with van der Waals surface area (Å²) in [6.07, 6.45) is 0. The summed E-state index contributed by atoms with van der Waals surface area (Å²) < 4.78 is 8.89. The number of thiophene rings is 8. The molecule has 2 aliphatic rings. The van der Waals surface area contributed by atoms with Gasteiger partial charge in [0.15, 0.2) is 45.9 Å². The van der Waals surface area contributed by atoms with E-state index in [2.05, 4.69) is 247 Å². The summed E-state index contributed by atoms with van der Waals surface area (Å²) in [6, 6.07) is 67.4. The van der Waals surface area contributed by atoms with Gasteiger partial charge in [-0.25, -0.2) is 69.8 Å². The van der Waals surface area contributed by atoms with Crippen molar-refractivity contribution in [1.82, 2.24) is 79.7 Å². The van der Waals surface area contributed by atoms with E-state index < -0.39 is 0 Å². The number of nitrogens with zero attached hydrogens (tertiary/aromatic N) is 14. The molecule has 0 fully saturated rings. The minimum absolute atomic E-state index is 0.220. The van der Waals surface area contributed by atoms with Crippen LogP contribution in [0.5, 0.6) is 0 Å². The van der Waals surface area contributed by atoms with Gasteiger partial charge in [-0.3, -0.25) is 0 Å². The van der Waals surface area contributed by atoms with Gasteiger partial charge in [0.2, 0.25) is 0 Å². The molecule has 0 radical (unpaired) electrons. The molecule has 0 saturated heterocycles. The number of benzene rings is 8. The lowest BCUT2D eigenvalue weighted by Gasteiger charge is -2.10. The summed E-state index contributed by atoms with van der Waals surface area (Å²) in [6.45, 7) is 0. The average Bonchev–Trinajstić information content (AvgIpc) is 1.57. The second-order valence-electron chi connectivity index (χ2n) is 27.2. The van der Waals surface area contributed by atoms with Crippen molar-refractivity contribution in [3.8, 4) is 136 Å². The molecule has 0 unspecified atom stereocenters. The number of rotatable bonds is 8. The fourth-order valence-electron chi connectivity index (χ4n) is 15.8. The molecule has 2 N–H and O–H groups in total. The first kappa shape index (κ1) is 63.0. The summed E-state index contributed by atoms with van der Waals surface area (Å²) in [5.41, 5.74) is 17.2. The molecule has 8 aromatic carbocycles. The van der Waals surface area contributed by atoms with E-state index in [-0.39, 0.29) is 23.3 Å². The highest BCUT2D eigenvalue weighted by atomic mass is 32.1. The highest BCUT2D eigenvalue weighted by molar-refractivity contribution is 7.20. The Hall–Kier alpha value is -12.9. The van der Waals surface area contributed by atoms with E-state index in [4.69, 9.17) is 69.8 Å². The van der Waals surface area contributed by atoms with Crippen LogP contribution in [0.25, 0.3) is 261 Å². The van der Waals surface area contributed by atoms with Crippen LogP contribution < -0.4 is 0 Å². The van der Waals surface area contributed by atoms with Gasteiger partial charge in [-0.1, -0.05) is 146 Å². The van der Waals surface area contributed by atoms with Gasteiger partial charge >= 0.3 is 0 Å². The maximum atomic E-state index is 5.85. The van der Waals surface area contributed by atoms with Crippen LogP contribution in [0.15, 0.2) is 237 Å². The molecular weight excluding hydrogens is 1540 g/mol. The lowest BCUT2D eigenvalue weighted by Crippen LogP contribution is -1.98. The number of nitrogens with one attached hydrogen (secondary N) is 2. The van der Waals surface area contributed by atoms with Gasteiger partial charge in [0.25, 0.3) is 0 Å². The molecule has 2 aliphatic heterocycles. The Labute approximate surface area is 663 Å². The van der Waals surface area contributed by atoms with E-state index >= 15 is 0 Å². The van der Waals surface area contributed by atoms with Crippen molar-refractivity contribution < 1.29 is 0 Å². The van der Waals surface area contributed by atoms with E-state index in [1.54, 1.807) is 90.7 Å². The number of aromatic amines is 2. The molecule has 15 aromatic heterocycles. The largest absolute Gasteiger partial charge is 0.321 e. The van der Waals surface area contributed by atoms with Crippen molar-refractivity contribution in [3.63, 3.8) is 0 Å².